The minimum atomic E-state index is -0.184. The van der Waals surface area contributed by atoms with Crippen molar-refractivity contribution in [2.24, 2.45) is 5.92 Å². The van der Waals surface area contributed by atoms with E-state index in [-0.39, 0.29) is 17.9 Å². The number of amides is 1. The summed E-state index contributed by atoms with van der Waals surface area (Å²) in [6.07, 6.45) is 5.14. The Kier molecular flexibility index (Phi) is 5.99. The lowest BCUT2D eigenvalue weighted by Crippen LogP contribution is -2.39. The second-order valence-electron chi connectivity index (χ2n) is 3.11. The summed E-state index contributed by atoms with van der Waals surface area (Å²) in [5.74, 6) is 2.43. The van der Waals surface area contributed by atoms with Gasteiger partial charge in [0.15, 0.2) is 0 Å². The van der Waals surface area contributed by atoms with E-state index in [1.807, 2.05) is 13.8 Å². The maximum Gasteiger partial charge on any atom is 0.225 e. The summed E-state index contributed by atoms with van der Waals surface area (Å²) in [6.45, 7) is 7.25. The molecule has 0 bridgehead atoms. The zero-order valence-corrected chi connectivity index (χ0v) is 8.55. The highest BCUT2D eigenvalue weighted by Crippen LogP contribution is 1.93. The number of carbonyl (C=O) groups excluding carboxylic acids is 1. The summed E-state index contributed by atoms with van der Waals surface area (Å²) in [6, 6.07) is -0.184. The average Bonchev–Trinajstić information content (AvgIpc) is 2.13. The van der Waals surface area contributed by atoms with Crippen LogP contribution < -0.4 is 10.6 Å². The maximum atomic E-state index is 11.4. The molecule has 3 heteroatoms. The fourth-order valence-electron chi connectivity index (χ4n) is 0.851. The molecule has 2 N–H and O–H groups in total. The Labute approximate surface area is 80.3 Å². The van der Waals surface area contributed by atoms with Crippen LogP contribution in [0.1, 0.15) is 20.8 Å². The van der Waals surface area contributed by atoms with Crippen LogP contribution in [0, 0.1) is 18.3 Å². The van der Waals surface area contributed by atoms with E-state index in [1.165, 1.54) is 0 Å². The predicted molar refractivity (Wildman–Crippen MR) is 54.1 cm³/mol. The minimum Gasteiger partial charge on any atom is -0.342 e. The van der Waals surface area contributed by atoms with Crippen molar-refractivity contribution >= 4 is 5.91 Å². The number of nitrogens with one attached hydrogen (secondary N) is 2. The predicted octanol–water partition coefficient (Wildman–Crippen LogP) is 0.370. The van der Waals surface area contributed by atoms with Gasteiger partial charge in [-0.1, -0.05) is 19.8 Å². The van der Waals surface area contributed by atoms with Gasteiger partial charge in [-0.15, -0.1) is 6.42 Å². The topological polar surface area (TPSA) is 41.1 Å². The third-order valence-electron chi connectivity index (χ3n) is 1.76. The van der Waals surface area contributed by atoms with E-state index in [0.717, 1.165) is 6.54 Å². The van der Waals surface area contributed by atoms with Crippen LogP contribution in [-0.4, -0.2) is 25.0 Å². The highest BCUT2D eigenvalue weighted by molar-refractivity contribution is 5.79. The number of terminal acetylenes is 1. The fourth-order valence-corrected chi connectivity index (χ4v) is 0.851. The van der Waals surface area contributed by atoms with Crippen LogP contribution in [0.3, 0.4) is 0 Å². The molecule has 0 saturated heterocycles. The number of rotatable bonds is 5. The molecule has 0 radical (unpaired) electrons. The number of hydrogen-bond donors (Lipinski definition) is 2. The normalized spacial score (nSPS) is 14.3. The Bertz CT molecular complexity index is 196. The molecular weight excluding hydrogens is 164 g/mol. The maximum absolute atomic E-state index is 11.4. The molecule has 0 fully saturated rings. The van der Waals surface area contributed by atoms with Crippen molar-refractivity contribution in [2.75, 3.05) is 13.1 Å². The molecule has 0 aliphatic heterocycles. The van der Waals surface area contributed by atoms with Crippen molar-refractivity contribution in [1.82, 2.24) is 10.6 Å². The van der Waals surface area contributed by atoms with E-state index >= 15 is 0 Å². The Morgan fingerprint density at radius 3 is 2.62 bits per heavy atom. The van der Waals surface area contributed by atoms with Crippen LogP contribution >= 0.6 is 0 Å². The van der Waals surface area contributed by atoms with Gasteiger partial charge in [0, 0.05) is 12.5 Å². The van der Waals surface area contributed by atoms with Crippen LogP contribution in [0.2, 0.25) is 0 Å². The van der Waals surface area contributed by atoms with Crippen molar-refractivity contribution in [1.29, 1.82) is 0 Å². The van der Waals surface area contributed by atoms with Crippen LogP contribution in [0.25, 0.3) is 0 Å². The minimum absolute atomic E-state index is 0.00593. The molecule has 2 atom stereocenters. The molecule has 0 aromatic heterocycles. The van der Waals surface area contributed by atoms with Crippen LogP contribution in [0.5, 0.6) is 0 Å². The quantitative estimate of drug-likeness (QED) is 0.603. The lowest BCUT2D eigenvalue weighted by atomic mass is 10.1. The van der Waals surface area contributed by atoms with Crippen molar-refractivity contribution in [3.63, 3.8) is 0 Å². The van der Waals surface area contributed by atoms with Gasteiger partial charge < -0.3 is 10.6 Å². The molecule has 0 saturated carbocycles. The summed E-state index contributed by atoms with van der Waals surface area (Å²) in [5.41, 5.74) is 0. The molecule has 13 heavy (non-hydrogen) atoms. The van der Waals surface area contributed by atoms with Crippen LogP contribution in [0.15, 0.2) is 0 Å². The third-order valence-corrected chi connectivity index (χ3v) is 1.76. The first kappa shape index (κ1) is 12.0. The van der Waals surface area contributed by atoms with Crippen LogP contribution in [-0.2, 0) is 4.79 Å². The molecule has 2 unspecified atom stereocenters. The Morgan fingerprint density at radius 2 is 2.15 bits per heavy atom. The SMILES string of the molecule is C#CC(C)NC(=O)C(C)CNCC. The van der Waals surface area contributed by atoms with Crippen molar-refractivity contribution in [3.05, 3.63) is 0 Å². The molecule has 0 aliphatic rings. The first-order valence-electron chi connectivity index (χ1n) is 4.59. The highest BCUT2D eigenvalue weighted by Gasteiger charge is 2.12. The molecule has 0 aromatic rings. The average molecular weight is 182 g/mol. The number of carbonyl (C=O) groups is 1. The standard InChI is InChI=1S/C10H18N2O/c1-5-9(4)12-10(13)8(3)7-11-6-2/h1,8-9,11H,6-7H2,2-4H3,(H,12,13). The summed E-state index contributed by atoms with van der Waals surface area (Å²) in [7, 11) is 0. The fraction of sp³-hybridized carbons (Fsp3) is 0.700. The molecule has 0 spiro atoms. The summed E-state index contributed by atoms with van der Waals surface area (Å²) in [4.78, 5) is 11.4. The molecule has 74 valence electrons. The van der Waals surface area contributed by atoms with Gasteiger partial charge >= 0.3 is 0 Å². The summed E-state index contributed by atoms with van der Waals surface area (Å²) < 4.78 is 0. The second kappa shape index (κ2) is 6.50. The first-order chi connectivity index (χ1) is 6.11. The molecular formula is C10H18N2O. The van der Waals surface area contributed by atoms with Gasteiger partial charge in [-0.05, 0) is 13.5 Å². The highest BCUT2D eigenvalue weighted by atomic mass is 16.1. The van der Waals surface area contributed by atoms with Gasteiger partial charge in [0.2, 0.25) is 5.91 Å². The lowest BCUT2D eigenvalue weighted by molar-refractivity contribution is -0.124. The molecule has 0 rings (SSSR count). The first-order valence-corrected chi connectivity index (χ1v) is 4.59. The van der Waals surface area contributed by atoms with Crippen molar-refractivity contribution in [2.45, 2.75) is 26.8 Å². The monoisotopic (exact) mass is 182 g/mol. The van der Waals surface area contributed by atoms with E-state index in [2.05, 4.69) is 16.6 Å². The van der Waals surface area contributed by atoms with Gasteiger partial charge in [-0.25, -0.2) is 0 Å². The van der Waals surface area contributed by atoms with E-state index in [9.17, 15) is 4.79 Å². The van der Waals surface area contributed by atoms with E-state index in [1.54, 1.807) is 6.92 Å². The zero-order chi connectivity index (χ0) is 10.3. The molecule has 0 heterocycles. The molecule has 3 nitrogen and oxygen atoms in total. The van der Waals surface area contributed by atoms with Gasteiger partial charge in [0.1, 0.15) is 0 Å². The van der Waals surface area contributed by atoms with Crippen LogP contribution in [0.4, 0.5) is 0 Å². The summed E-state index contributed by atoms with van der Waals surface area (Å²) in [5, 5.41) is 5.83. The number of hydrogen-bond acceptors (Lipinski definition) is 2. The Hall–Kier alpha value is -1.01. The summed E-state index contributed by atoms with van der Waals surface area (Å²) >= 11 is 0. The largest absolute Gasteiger partial charge is 0.342 e. The second-order valence-corrected chi connectivity index (χ2v) is 3.11. The Balaban J connectivity index is 3.77. The van der Waals surface area contributed by atoms with Gasteiger partial charge in [0.05, 0.1) is 6.04 Å². The van der Waals surface area contributed by atoms with E-state index in [0.29, 0.717) is 6.54 Å². The van der Waals surface area contributed by atoms with Gasteiger partial charge in [-0.2, -0.15) is 0 Å². The molecule has 0 aliphatic carbocycles. The van der Waals surface area contributed by atoms with Crippen molar-refractivity contribution < 1.29 is 4.79 Å². The van der Waals surface area contributed by atoms with E-state index < -0.39 is 0 Å². The van der Waals surface area contributed by atoms with E-state index in [4.69, 9.17) is 6.42 Å². The van der Waals surface area contributed by atoms with Gasteiger partial charge in [-0.3, -0.25) is 4.79 Å². The third kappa shape index (κ3) is 5.26. The smallest absolute Gasteiger partial charge is 0.225 e. The zero-order valence-electron chi connectivity index (χ0n) is 8.55. The Morgan fingerprint density at radius 1 is 1.54 bits per heavy atom. The lowest BCUT2D eigenvalue weighted by Gasteiger charge is -2.13. The van der Waals surface area contributed by atoms with Gasteiger partial charge in [0.25, 0.3) is 0 Å². The molecule has 1 amide bonds. The molecule has 0 aromatic carbocycles. The van der Waals surface area contributed by atoms with Crippen molar-refractivity contribution in [3.8, 4) is 12.3 Å².